The van der Waals surface area contributed by atoms with Crippen LogP contribution in [0, 0.1) is 41.5 Å². The number of benzene rings is 13. The van der Waals surface area contributed by atoms with Gasteiger partial charge in [-0.1, -0.05) is 290 Å². The molecule has 15 rings (SSSR count). The van der Waals surface area contributed by atoms with Crippen LogP contribution in [-0.2, 0) is 5.41 Å². The Hall–Kier alpha value is -10.1. The van der Waals surface area contributed by atoms with Crippen LogP contribution in [-0.4, -0.2) is 0 Å². The van der Waals surface area contributed by atoms with Gasteiger partial charge in [-0.15, -0.1) is 0 Å². The highest BCUT2D eigenvalue weighted by Gasteiger charge is 2.47. The standard InChI is InChI=1S/C31H24.C26H22.C13H10O.C13H12/c1-21-17-18-27-28(19-21)31(23-11-5-3-6-12-23,24-13-7-4-8-14-24)29-20-22(2)25-15-9-10-16-26(25)30(27)29;1-19-13-15-23(21-9-5-3-6-10-21)17-25(19)26-18-24(16-14-20(26)2)22-11-7-4-8-12-22;1-9-6-7-13-11(8-9)10-4-2-3-5-12(10)14-13;1-11-6-5-9-13(10-11)12-7-3-2-4-8-12/h3-20H,1-2H3;3-18H,1-2H3;2-8H,1H3;2-10H,1H3. The van der Waals surface area contributed by atoms with Crippen LogP contribution >= 0.6 is 0 Å². The first-order valence-electron chi connectivity index (χ1n) is 29.2. The number of hydrogen-bond acceptors (Lipinski definition) is 1. The largest absolute Gasteiger partial charge is 0.456 e. The van der Waals surface area contributed by atoms with E-state index in [2.05, 4.69) is 315 Å². The second-order valence-electron chi connectivity index (χ2n) is 22.3. The zero-order valence-electron chi connectivity index (χ0n) is 48.8. The van der Waals surface area contributed by atoms with E-state index >= 15 is 0 Å². The minimum absolute atomic E-state index is 0.325. The maximum atomic E-state index is 5.71. The number of hydrogen-bond donors (Lipinski definition) is 0. The van der Waals surface area contributed by atoms with E-state index in [4.69, 9.17) is 4.42 Å². The summed E-state index contributed by atoms with van der Waals surface area (Å²) in [5.74, 6) is 0. The summed E-state index contributed by atoms with van der Waals surface area (Å²) in [4.78, 5) is 0. The third kappa shape index (κ3) is 10.9. The van der Waals surface area contributed by atoms with Gasteiger partial charge >= 0.3 is 0 Å². The Morgan fingerprint density at radius 1 is 0.238 bits per heavy atom. The molecule has 1 nitrogen and oxygen atoms in total. The molecule has 406 valence electrons. The first-order chi connectivity index (χ1) is 41.1. The second-order valence-corrected chi connectivity index (χ2v) is 22.3. The summed E-state index contributed by atoms with van der Waals surface area (Å²) in [6.07, 6.45) is 0. The highest BCUT2D eigenvalue weighted by atomic mass is 16.3. The number of aryl methyl sites for hydroxylation is 6. The third-order valence-electron chi connectivity index (χ3n) is 16.6. The van der Waals surface area contributed by atoms with Crippen molar-refractivity contribution in [3.63, 3.8) is 0 Å². The summed E-state index contributed by atoms with van der Waals surface area (Å²) in [6, 6.07) is 108. The van der Waals surface area contributed by atoms with Crippen LogP contribution in [0.15, 0.2) is 308 Å². The van der Waals surface area contributed by atoms with Crippen molar-refractivity contribution in [1.29, 1.82) is 0 Å². The molecule has 0 N–H and O–H groups in total. The van der Waals surface area contributed by atoms with E-state index in [1.807, 2.05) is 30.3 Å². The van der Waals surface area contributed by atoms with Crippen molar-refractivity contribution in [2.75, 3.05) is 0 Å². The van der Waals surface area contributed by atoms with Gasteiger partial charge in [-0.3, -0.25) is 0 Å². The number of fused-ring (bicyclic) bond motifs is 8. The van der Waals surface area contributed by atoms with Crippen LogP contribution in [0.3, 0.4) is 0 Å². The molecule has 0 aliphatic heterocycles. The van der Waals surface area contributed by atoms with Gasteiger partial charge in [0.15, 0.2) is 0 Å². The van der Waals surface area contributed by atoms with E-state index in [9.17, 15) is 0 Å². The van der Waals surface area contributed by atoms with Crippen molar-refractivity contribution < 1.29 is 4.42 Å². The topological polar surface area (TPSA) is 13.1 Å². The minimum atomic E-state index is -0.325. The van der Waals surface area contributed by atoms with Gasteiger partial charge in [-0.05, 0) is 177 Å². The van der Waals surface area contributed by atoms with Crippen LogP contribution < -0.4 is 0 Å². The zero-order valence-corrected chi connectivity index (χ0v) is 48.8. The van der Waals surface area contributed by atoms with Crippen LogP contribution in [0.1, 0.15) is 55.6 Å². The highest BCUT2D eigenvalue weighted by Crippen LogP contribution is 2.58. The molecule has 0 saturated carbocycles. The molecule has 0 unspecified atom stereocenters. The smallest absolute Gasteiger partial charge is 0.135 e. The van der Waals surface area contributed by atoms with Gasteiger partial charge in [-0.25, -0.2) is 0 Å². The lowest BCUT2D eigenvalue weighted by Gasteiger charge is -2.34. The average Bonchev–Trinajstić information content (AvgIpc) is 1.60. The molecule has 1 heteroatoms. The van der Waals surface area contributed by atoms with E-state index in [-0.39, 0.29) is 5.41 Å². The molecule has 84 heavy (non-hydrogen) atoms. The lowest BCUT2D eigenvalue weighted by Crippen LogP contribution is -2.28. The Bertz CT molecular complexity index is 4450. The molecule has 1 heterocycles. The van der Waals surface area contributed by atoms with Crippen LogP contribution in [0.25, 0.3) is 88.3 Å². The van der Waals surface area contributed by atoms with Gasteiger partial charge in [0.05, 0.1) is 5.41 Å². The Labute approximate surface area is 495 Å². The molecule has 1 aliphatic rings. The van der Waals surface area contributed by atoms with Crippen molar-refractivity contribution >= 4 is 32.7 Å². The highest BCUT2D eigenvalue weighted by molar-refractivity contribution is 6.06. The van der Waals surface area contributed by atoms with E-state index in [0.29, 0.717) is 0 Å². The summed E-state index contributed by atoms with van der Waals surface area (Å²) in [7, 11) is 0. The molecule has 0 radical (unpaired) electrons. The molecule has 1 aromatic heterocycles. The lowest BCUT2D eigenvalue weighted by molar-refractivity contribution is 0.669. The first kappa shape index (κ1) is 54.5. The quantitative estimate of drug-likeness (QED) is 0.162. The predicted octanol–water partition coefficient (Wildman–Crippen LogP) is 22.7. The Morgan fingerprint density at radius 2 is 0.667 bits per heavy atom. The van der Waals surface area contributed by atoms with Gasteiger partial charge in [0.2, 0.25) is 0 Å². The van der Waals surface area contributed by atoms with Crippen molar-refractivity contribution in [3.8, 4) is 55.6 Å². The molecule has 13 aromatic carbocycles. The van der Waals surface area contributed by atoms with Gasteiger partial charge in [-0.2, -0.15) is 0 Å². The van der Waals surface area contributed by atoms with Gasteiger partial charge < -0.3 is 4.42 Å². The second kappa shape index (κ2) is 24.2. The van der Waals surface area contributed by atoms with Crippen LogP contribution in [0.4, 0.5) is 0 Å². The first-order valence-corrected chi connectivity index (χ1v) is 29.2. The van der Waals surface area contributed by atoms with Crippen molar-refractivity contribution in [3.05, 3.63) is 359 Å². The SMILES string of the molecule is Cc1ccc(-c2ccccc2)cc1-c1cc(-c2ccccc2)ccc1C.Cc1ccc2c(c1)C(c1ccccc1)(c1ccccc1)c1cc(C)c3ccccc3c1-2.Cc1ccc2oc3ccccc3c2c1.Cc1cccc(-c2ccccc2)c1. The fourth-order valence-electron chi connectivity index (χ4n) is 12.4. The lowest BCUT2D eigenvalue weighted by atomic mass is 9.67. The fourth-order valence-corrected chi connectivity index (χ4v) is 12.4. The zero-order chi connectivity index (χ0) is 57.6. The molecule has 0 bridgehead atoms. The van der Waals surface area contributed by atoms with E-state index in [0.717, 1.165) is 11.2 Å². The number of para-hydroxylation sites is 1. The Balaban J connectivity index is 0.000000117. The van der Waals surface area contributed by atoms with Crippen molar-refractivity contribution in [1.82, 2.24) is 0 Å². The van der Waals surface area contributed by atoms with Crippen molar-refractivity contribution in [2.45, 2.75) is 47.0 Å². The monoisotopic (exact) mass is 1080 g/mol. The van der Waals surface area contributed by atoms with E-state index in [1.165, 1.54) is 133 Å². The summed E-state index contributed by atoms with van der Waals surface area (Å²) in [6.45, 7) is 13.1. The minimum Gasteiger partial charge on any atom is -0.456 e. The molecule has 14 aromatic rings. The van der Waals surface area contributed by atoms with Gasteiger partial charge in [0.1, 0.15) is 11.2 Å². The third-order valence-corrected chi connectivity index (χ3v) is 16.6. The molecule has 0 amide bonds. The van der Waals surface area contributed by atoms with E-state index in [1.54, 1.807) is 0 Å². The molecule has 0 atom stereocenters. The average molecular weight is 1080 g/mol. The molecule has 0 fully saturated rings. The molecular formula is C83H68O. The van der Waals surface area contributed by atoms with Gasteiger partial charge in [0.25, 0.3) is 0 Å². The molecule has 0 spiro atoms. The predicted molar refractivity (Wildman–Crippen MR) is 358 cm³/mol. The maximum Gasteiger partial charge on any atom is 0.135 e. The maximum absolute atomic E-state index is 5.71. The van der Waals surface area contributed by atoms with Crippen molar-refractivity contribution in [2.24, 2.45) is 0 Å². The summed E-state index contributed by atoms with van der Waals surface area (Å²) < 4.78 is 5.71. The molecule has 0 saturated heterocycles. The summed E-state index contributed by atoms with van der Waals surface area (Å²) in [5, 5.41) is 5.09. The van der Waals surface area contributed by atoms with Gasteiger partial charge in [0, 0.05) is 10.8 Å². The Kier molecular flexibility index (Phi) is 15.7. The fraction of sp³-hybridized carbons (Fsp3) is 0.0843. The Morgan fingerprint density at radius 3 is 1.21 bits per heavy atom. The van der Waals surface area contributed by atoms with Crippen LogP contribution in [0.2, 0.25) is 0 Å². The molecular weight excluding hydrogens is 1010 g/mol. The normalized spacial score (nSPS) is 11.8. The van der Waals surface area contributed by atoms with E-state index < -0.39 is 0 Å². The van der Waals surface area contributed by atoms with Crippen LogP contribution in [0.5, 0.6) is 0 Å². The number of rotatable bonds is 6. The summed E-state index contributed by atoms with van der Waals surface area (Å²) >= 11 is 0. The summed E-state index contributed by atoms with van der Waals surface area (Å²) in [5.41, 5.74) is 27.8. The molecule has 1 aliphatic carbocycles. The number of furan rings is 1.